The van der Waals surface area contributed by atoms with Crippen LogP contribution in [0.3, 0.4) is 0 Å². The molecular weight excluding hydrogens is 456 g/mol. The van der Waals surface area contributed by atoms with Gasteiger partial charge in [-0.25, -0.2) is 0 Å². The van der Waals surface area contributed by atoms with Crippen molar-refractivity contribution < 1.29 is 24.5 Å². The third-order valence-corrected chi connectivity index (χ3v) is 6.64. The summed E-state index contributed by atoms with van der Waals surface area (Å²) in [4.78, 5) is 30.3. The molecule has 2 aromatic carbocycles. The van der Waals surface area contributed by atoms with Gasteiger partial charge in [-0.05, 0) is 80.9 Å². The first-order valence-corrected chi connectivity index (χ1v) is 12.8. The van der Waals surface area contributed by atoms with Gasteiger partial charge in [-0.15, -0.1) is 0 Å². The number of ether oxygens (including phenoxy) is 1. The minimum absolute atomic E-state index is 0.0599. The predicted octanol–water partition coefficient (Wildman–Crippen LogP) is 5.11. The van der Waals surface area contributed by atoms with Crippen LogP contribution >= 0.6 is 0 Å². The topological polar surface area (TPSA) is 90.3 Å². The number of benzene rings is 2. The molecule has 7 nitrogen and oxygen atoms in total. The molecular formula is C29H38N2O5. The molecule has 0 spiro atoms. The number of rotatable bonds is 13. The SMILES string of the molecule is CCCCN(CCCC)CCCN1C(=O)C(=O)/C(=C(\O)c2ccc(OC)cc2)C1c1ccc(O)cc1. The van der Waals surface area contributed by atoms with Crippen LogP contribution in [0.25, 0.3) is 5.76 Å². The molecule has 1 unspecified atom stereocenters. The van der Waals surface area contributed by atoms with E-state index in [0.29, 0.717) is 23.4 Å². The van der Waals surface area contributed by atoms with Gasteiger partial charge in [0.05, 0.1) is 18.7 Å². The van der Waals surface area contributed by atoms with E-state index in [1.54, 1.807) is 48.4 Å². The van der Waals surface area contributed by atoms with Crippen LogP contribution < -0.4 is 4.74 Å². The smallest absolute Gasteiger partial charge is 0.295 e. The molecule has 1 fully saturated rings. The number of ketones is 1. The summed E-state index contributed by atoms with van der Waals surface area (Å²) in [5.41, 5.74) is 1.16. The van der Waals surface area contributed by atoms with Gasteiger partial charge < -0.3 is 24.7 Å². The Hall–Kier alpha value is -3.32. The maximum Gasteiger partial charge on any atom is 0.295 e. The van der Waals surface area contributed by atoms with E-state index >= 15 is 0 Å². The summed E-state index contributed by atoms with van der Waals surface area (Å²) in [6.07, 6.45) is 5.23. The van der Waals surface area contributed by atoms with Crippen molar-refractivity contribution in [1.29, 1.82) is 0 Å². The summed E-state index contributed by atoms with van der Waals surface area (Å²) in [5, 5.41) is 21.0. The molecule has 3 rings (SSSR count). The van der Waals surface area contributed by atoms with Crippen molar-refractivity contribution in [2.45, 2.75) is 52.0 Å². The lowest BCUT2D eigenvalue weighted by Crippen LogP contribution is -2.34. The van der Waals surface area contributed by atoms with Crippen molar-refractivity contribution in [3.05, 3.63) is 65.2 Å². The van der Waals surface area contributed by atoms with Crippen LogP contribution in [-0.2, 0) is 9.59 Å². The van der Waals surface area contributed by atoms with Gasteiger partial charge in [0.25, 0.3) is 11.7 Å². The molecule has 1 saturated heterocycles. The number of carbonyl (C=O) groups is 2. The molecule has 0 bridgehead atoms. The van der Waals surface area contributed by atoms with Crippen LogP contribution in [-0.4, -0.2) is 65.0 Å². The molecule has 0 radical (unpaired) electrons. The standard InChI is InChI=1S/C29H38N2O5/c1-4-6-17-30(18-7-5-2)19-8-20-31-26(21-9-13-23(32)14-10-21)25(28(34)29(31)35)27(33)22-11-15-24(36-3)16-12-22/h9-16,26,32-33H,4-8,17-20H2,1-3H3/b27-25-. The Labute approximate surface area is 214 Å². The number of methoxy groups -OCH3 is 1. The first-order chi connectivity index (χ1) is 17.4. The van der Waals surface area contributed by atoms with Crippen LogP contribution in [0.4, 0.5) is 0 Å². The number of phenolic OH excluding ortho intramolecular Hbond substituents is 1. The molecule has 1 heterocycles. The van der Waals surface area contributed by atoms with Crippen molar-refractivity contribution in [1.82, 2.24) is 9.80 Å². The largest absolute Gasteiger partial charge is 0.508 e. The summed E-state index contributed by atoms with van der Waals surface area (Å²) >= 11 is 0. The van der Waals surface area contributed by atoms with Gasteiger partial charge in [-0.1, -0.05) is 38.8 Å². The van der Waals surface area contributed by atoms with Gasteiger partial charge in [0.2, 0.25) is 0 Å². The summed E-state index contributed by atoms with van der Waals surface area (Å²) < 4.78 is 5.19. The Bertz CT molecular complexity index is 1040. The second kappa shape index (κ2) is 13.1. The molecule has 0 aliphatic carbocycles. The fourth-order valence-corrected chi connectivity index (χ4v) is 4.58. The number of hydrogen-bond acceptors (Lipinski definition) is 6. The molecule has 2 N–H and O–H groups in total. The van der Waals surface area contributed by atoms with Crippen LogP contribution in [0, 0.1) is 0 Å². The minimum atomic E-state index is -0.729. The van der Waals surface area contributed by atoms with E-state index in [2.05, 4.69) is 18.7 Å². The van der Waals surface area contributed by atoms with Gasteiger partial charge in [-0.2, -0.15) is 0 Å². The summed E-state index contributed by atoms with van der Waals surface area (Å²) in [7, 11) is 1.55. The van der Waals surface area contributed by atoms with Gasteiger partial charge in [-0.3, -0.25) is 9.59 Å². The summed E-state index contributed by atoms with van der Waals surface area (Å²) in [6, 6.07) is 12.4. The molecule has 1 amide bonds. The monoisotopic (exact) mass is 494 g/mol. The average molecular weight is 495 g/mol. The first kappa shape index (κ1) is 27.3. The molecule has 7 heteroatoms. The summed E-state index contributed by atoms with van der Waals surface area (Å²) in [5.74, 6) is -0.817. The van der Waals surface area contributed by atoms with Crippen molar-refractivity contribution in [3.63, 3.8) is 0 Å². The highest BCUT2D eigenvalue weighted by atomic mass is 16.5. The van der Waals surface area contributed by atoms with Crippen LogP contribution in [0.2, 0.25) is 0 Å². The second-order valence-corrected chi connectivity index (χ2v) is 9.21. The van der Waals surface area contributed by atoms with Crippen molar-refractivity contribution in [3.8, 4) is 11.5 Å². The zero-order valence-corrected chi connectivity index (χ0v) is 21.6. The van der Waals surface area contributed by atoms with E-state index in [9.17, 15) is 19.8 Å². The number of aliphatic hydroxyl groups is 1. The number of phenols is 1. The third-order valence-electron chi connectivity index (χ3n) is 6.64. The zero-order chi connectivity index (χ0) is 26.1. The maximum absolute atomic E-state index is 13.2. The number of aliphatic hydroxyl groups excluding tert-OH is 1. The fourth-order valence-electron chi connectivity index (χ4n) is 4.58. The van der Waals surface area contributed by atoms with Gasteiger partial charge >= 0.3 is 0 Å². The number of amides is 1. The van der Waals surface area contributed by atoms with Crippen molar-refractivity contribution >= 4 is 17.4 Å². The highest BCUT2D eigenvalue weighted by Gasteiger charge is 2.45. The molecule has 1 aliphatic heterocycles. The fraction of sp³-hybridized carbons (Fsp3) is 0.448. The van der Waals surface area contributed by atoms with E-state index in [0.717, 1.165) is 51.7 Å². The quantitative estimate of drug-likeness (QED) is 0.228. The number of likely N-dealkylation sites (tertiary alicyclic amines) is 1. The lowest BCUT2D eigenvalue weighted by molar-refractivity contribution is -0.140. The number of aromatic hydroxyl groups is 1. The van der Waals surface area contributed by atoms with Gasteiger partial charge in [0.1, 0.15) is 17.3 Å². The number of hydrogen-bond donors (Lipinski definition) is 2. The predicted molar refractivity (Wildman–Crippen MR) is 141 cm³/mol. The first-order valence-electron chi connectivity index (χ1n) is 12.8. The van der Waals surface area contributed by atoms with E-state index in [1.165, 1.54) is 12.1 Å². The van der Waals surface area contributed by atoms with Crippen LogP contribution in [0.5, 0.6) is 11.5 Å². The van der Waals surface area contributed by atoms with E-state index in [-0.39, 0.29) is 17.1 Å². The van der Waals surface area contributed by atoms with Gasteiger partial charge in [0, 0.05) is 12.1 Å². The lowest BCUT2D eigenvalue weighted by atomic mass is 9.95. The molecule has 1 aliphatic rings. The van der Waals surface area contributed by atoms with E-state index < -0.39 is 17.7 Å². The van der Waals surface area contributed by atoms with Crippen LogP contribution in [0.15, 0.2) is 54.1 Å². The maximum atomic E-state index is 13.2. The molecule has 194 valence electrons. The van der Waals surface area contributed by atoms with Crippen molar-refractivity contribution in [2.24, 2.45) is 0 Å². The zero-order valence-electron chi connectivity index (χ0n) is 21.6. The number of nitrogens with zero attached hydrogens (tertiary/aromatic N) is 2. The van der Waals surface area contributed by atoms with Gasteiger partial charge in [0.15, 0.2) is 0 Å². The number of Topliss-reactive ketones (excluding diaryl/α,β-unsaturated/α-hetero) is 1. The van der Waals surface area contributed by atoms with E-state index in [4.69, 9.17) is 4.74 Å². The Morgan fingerprint density at radius 2 is 1.50 bits per heavy atom. The average Bonchev–Trinajstić information content (AvgIpc) is 3.15. The van der Waals surface area contributed by atoms with E-state index in [1.807, 2.05) is 0 Å². The molecule has 0 aromatic heterocycles. The van der Waals surface area contributed by atoms with Crippen molar-refractivity contribution in [2.75, 3.05) is 33.3 Å². The van der Waals surface area contributed by atoms with Crippen LogP contribution in [0.1, 0.15) is 63.1 Å². The Morgan fingerprint density at radius 3 is 2.06 bits per heavy atom. The Kier molecular flexibility index (Phi) is 9.94. The Morgan fingerprint density at radius 1 is 0.917 bits per heavy atom. The number of unbranched alkanes of at least 4 members (excludes halogenated alkanes) is 2. The summed E-state index contributed by atoms with van der Waals surface area (Å²) in [6.45, 7) is 7.63. The minimum Gasteiger partial charge on any atom is -0.508 e. The Balaban J connectivity index is 1.90. The molecule has 2 aromatic rings. The molecule has 0 saturated carbocycles. The highest BCUT2D eigenvalue weighted by molar-refractivity contribution is 6.46. The molecule has 1 atom stereocenters. The number of carbonyl (C=O) groups excluding carboxylic acids is 2. The lowest BCUT2D eigenvalue weighted by Gasteiger charge is -2.27. The second-order valence-electron chi connectivity index (χ2n) is 9.21. The molecule has 36 heavy (non-hydrogen) atoms. The highest BCUT2D eigenvalue weighted by Crippen LogP contribution is 2.40. The third kappa shape index (κ3) is 6.46. The normalized spacial score (nSPS) is 17.2.